The highest BCUT2D eigenvalue weighted by Gasteiger charge is 2.26. The van der Waals surface area contributed by atoms with Crippen molar-refractivity contribution in [2.24, 2.45) is 5.92 Å². The van der Waals surface area contributed by atoms with Crippen molar-refractivity contribution in [2.45, 2.75) is 32.3 Å². The number of aromatic nitrogens is 3. The lowest BCUT2D eigenvalue weighted by atomic mass is 9.95. The number of fused-ring (bicyclic) bond motifs is 1. The molecule has 194 valence electrons. The quantitative estimate of drug-likeness (QED) is 0.364. The second kappa shape index (κ2) is 11.3. The van der Waals surface area contributed by atoms with Crippen molar-refractivity contribution >= 4 is 22.9 Å². The fraction of sp³-hybridized carbons (Fsp3) is 0.310. The topological polar surface area (TPSA) is 116 Å². The molecule has 38 heavy (non-hydrogen) atoms. The maximum absolute atomic E-state index is 12.7. The van der Waals surface area contributed by atoms with Gasteiger partial charge in [0, 0.05) is 54.6 Å². The average Bonchev–Trinajstić information content (AvgIpc) is 3.31. The van der Waals surface area contributed by atoms with Gasteiger partial charge in [0.1, 0.15) is 17.5 Å². The molecular formula is C29H30N6O3. The zero-order valence-corrected chi connectivity index (χ0v) is 21.2. The largest absolute Gasteiger partial charge is 0.476 e. The number of para-hydroxylation sites is 1. The van der Waals surface area contributed by atoms with Gasteiger partial charge in [-0.25, -0.2) is 9.50 Å². The van der Waals surface area contributed by atoms with E-state index in [1.165, 1.54) is 0 Å². The predicted molar refractivity (Wildman–Crippen MR) is 145 cm³/mol. The third-order valence-corrected chi connectivity index (χ3v) is 6.80. The number of anilines is 2. The van der Waals surface area contributed by atoms with Gasteiger partial charge < -0.3 is 20.1 Å². The molecule has 0 spiro atoms. The van der Waals surface area contributed by atoms with Gasteiger partial charge in [-0.05, 0) is 50.1 Å². The standard InChI is InChI=1S/C29H30N6O3/c1-20(36)13-17-38-29-25(18-30)27-24(8-5-14-35(27)33-29)22-9-10-26(31-19-22)34-15-11-21(12-16-34)28(37)32-23-6-3-2-4-7-23/h2-10,14,19-21,36H,11-13,15-17H2,1H3,(H,32,37). The van der Waals surface area contributed by atoms with E-state index in [0.29, 0.717) is 17.5 Å². The van der Waals surface area contributed by atoms with Crippen molar-refractivity contribution in [1.29, 1.82) is 5.26 Å². The van der Waals surface area contributed by atoms with Crippen LogP contribution in [-0.4, -0.2) is 51.4 Å². The summed E-state index contributed by atoms with van der Waals surface area (Å²) in [7, 11) is 0. The number of aliphatic hydroxyl groups is 1. The molecule has 1 aliphatic heterocycles. The number of pyridine rings is 2. The molecular weight excluding hydrogens is 480 g/mol. The van der Waals surface area contributed by atoms with Crippen LogP contribution in [0.4, 0.5) is 11.5 Å². The Labute approximate surface area is 221 Å². The maximum Gasteiger partial charge on any atom is 0.252 e. The number of ether oxygens (including phenoxy) is 1. The fourth-order valence-corrected chi connectivity index (χ4v) is 4.71. The molecule has 0 aliphatic carbocycles. The summed E-state index contributed by atoms with van der Waals surface area (Å²) in [6, 6.07) is 19.5. The molecule has 9 heteroatoms. The number of nitriles is 1. The summed E-state index contributed by atoms with van der Waals surface area (Å²) >= 11 is 0. The second-order valence-electron chi connectivity index (χ2n) is 9.51. The molecule has 9 nitrogen and oxygen atoms in total. The van der Waals surface area contributed by atoms with Gasteiger partial charge in [0.05, 0.1) is 18.2 Å². The summed E-state index contributed by atoms with van der Waals surface area (Å²) in [5, 5.41) is 26.8. The molecule has 1 aromatic carbocycles. The molecule has 1 amide bonds. The third kappa shape index (κ3) is 5.45. The van der Waals surface area contributed by atoms with Crippen molar-refractivity contribution < 1.29 is 14.6 Å². The van der Waals surface area contributed by atoms with Crippen molar-refractivity contribution in [3.8, 4) is 23.1 Å². The lowest BCUT2D eigenvalue weighted by Gasteiger charge is -2.32. The maximum atomic E-state index is 12.7. The number of benzene rings is 1. The Balaban J connectivity index is 1.28. The first kappa shape index (κ1) is 25.2. The SMILES string of the molecule is CC(O)CCOc1nn2cccc(-c3ccc(N4CCC(C(=O)Nc5ccccc5)CC4)nc3)c2c1C#N. The molecule has 1 aliphatic rings. The minimum absolute atomic E-state index is 0.0217. The van der Waals surface area contributed by atoms with Crippen molar-refractivity contribution in [1.82, 2.24) is 14.6 Å². The monoisotopic (exact) mass is 510 g/mol. The number of nitrogens with zero attached hydrogens (tertiary/aromatic N) is 5. The van der Waals surface area contributed by atoms with Gasteiger partial charge in [0.25, 0.3) is 5.88 Å². The minimum atomic E-state index is -0.491. The molecule has 2 N–H and O–H groups in total. The second-order valence-corrected chi connectivity index (χ2v) is 9.51. The lowest BCUT2D eigenvalue weighted by molar-refractivity contribution is -0.120. The van der Waals surface area contributed by atoms with E-state index < -0.39 is 6.10 Å². The van der Waals surface area contributed by atoms with Gasteiger partial charge in [-0.1, -0.05) is 24.3 Å². The average molecular weight is 511 g/mol. The first-order chi connectivity index (χ1) is 18.5. The fourth-order valence-electron chi connectivity index (χ4n) is 4.71. The lowest BCUT2D eigenvalue weighted by Crippen LogP contribution is -2.38. The van der Waals surface area contributed by atoms with Crippen LogP contribution in [0.25, 0.3) is 16.6 Å². The Hall–Kier alpha value is -4.42. The van der Waals surface area contributed by atoms with Crippen LogP contribution in [0.3, 0.4) is 0 Å². The number of carbonyl (C=O) groups is 1. The number of hydrogen-bond donors (Lipinski definition) is 2. The Kier molecular flexibility index (Phi) is 7.52. The normalized spacial score (nSPS) is 14.7. The van der Waals surface area contributed by atoms with Gasteiger partial charge in [-0.3, -0.25) is 4.79 Å². The van der Waals surface area contributed by atoms with Gasteiger partial charge in [0.2, 0.25) is 5.91 Å². The first-order valence-electron chi connectivity index (χ1n) is 12.8. The molecule has 1 fully saturated rings. The van der Waals surface area contributed by atoms with Crippen LogP contribution in [-0.2, 0) is 4.79 Å². The molecule has 0 radical (unpaired) electrons. The van der Waals surface area contributed by atoms with E-state index >= 15 is 0 Å². The molecule has 1 unspecified atom stereocenters. The van der Waals surface area contributed by atoms with Crippen molar-refractivity contribution in [2.75, 3.05) is 29.9 Å². The predicted octanol–water partition coefficient (Wildman–Crippen LogP) is 4.27. The Morgan fingerprint density at radius 2 is 1.97 bits per heavy atom. The summed E-state index contributed by atoms with van der Waals surface area (Å²) in [6.07, 6.45) is 5.07. The molecule has 5 rings (SSSR count). The van der Waals surface area contributed by atoms with Crippen LogP contribution in [0.2, 0.25) is 0 Å². The number of aliphatic hydroxyl groups excluding tert-OH is 1. The summed E-state index contributed by atoms with van der Waals surface area (Å²) in [6.45, 7) is 3.47. The van der Waals surface area contributed by atoms with Gasteiger partial charge in [-0.15, -0.1) is 5.10 Å². The van der Waals surface area contributed by atoms with Crippen LogP contribution in [0.15, 0.2) is 67.0 Å². The summed E-state index contributed by atoms with van der Waals surface area (Å²) in [5.74, 6) is 1.16. The number of rotatable bonds is 8. The molecule has 4 aromatic rings. The summed E-state index contributed by atoms with van der Waals surface area (Å²) in [4.78, 5) is 19.6. The highest BCUT2D eigenvalue weighted by molar-refractivity contribution is 5.92. The van der Waals surface area contributed by atoms with E-state index in [0.717, 1.165) is 48.6 Å². The number of amides is 1. The molecule has 1 atom stereocenters. The molecule has 0 bridgehead atoms. The zero-order valence-electron chi connectivity index (χ0n) is 21.2. The summed E-state index contributed by atoms with van der Waals surface area (Å²) in [5.41, 5.74) is 3.53. The van der Waals surface area contributed by atoms with E-state index in [4.69, 9.17) is 9.72 Å². The van der Waals surface area contributed by atoms with Gasteiger partial charge in [-0.2, -0.15) is 5.26 Å². The smallest absolute Gasteiger partial charge is 0.252 e. The Bertz CT molecular complexity index is 1440. The molecule has 3 aromatic heterocycles. The van der Waals surface area contributed by atoms with E-state index in [2.05, 4.69) is 21.4 Å². The van der Waals surface area contributed by atoms with Crippen molar-refractivity contribution in [3.05, 3.63) is 72.6 Å². The van der Waals surface area contributed by atoms with Gasteiger partial charge >= 0.3 is 0 Å². The Morgan fingerprint density at radius 3 is 2.66 bits per heavy atom. The zero-order chi connectivity index (χ0) is 26.5. The number of carbonyl (C=O) groups excluding carboxylic acids is 1. The van der Waals surface area contributed by atoms with Crippen LogP contribution in [0, 0.1) is 17.2 Å². The highest BCUT2D eigenvalue weighted by atomic mass is 16.5. The van der Waals surface area contributed by atoms with E-state index in [-0.39, 0.29) is 24.3 Å². The number of piperidine rings is 1. The van der Waals surface area contributed by atoms with Gasteiger partial charge in [0.15, 0.2) is 0 Å². The Morgan fingerprint density at radius 1 is 1.18 bits per heavy atom. The van der Waals surface area contributed by atoms with Crippen LogP contribution in [0.1, 0.15) is 31.7 Å². The van der Waals surface area contributed by atoms with Crippen molar-refractivity contribution in [3.63, 3.8) is 0 Å². The molecule has 4 heterocycles. The minimum Gasteiger partial charge on any atom is -0.476 e. The third-order valence-electron chi connectivity index (χ3n) is 6.80. The van der Waals surface area contributed by atoms with Crippen LogP contribution in [0.5, 0.6) is 5.88 Å². The number of hydrogen-bond acceptors (Lipinski definition) is 7. The van der Waals surface area contributed by atoms with E-state index in [9.17, 15) is 15.2 Å². The van der Waals surface area contributed by atoms with E-state index in [1.807, 2.05) is 54.6 Å². The van der Waals surface area contributed by atoms with E-state index in [1.54, 1.807) is 23.8 Å². The first-order valence-corrected chi connectivity index (χ1v) is 12.8. The van der Waals surface area contributed by atoms with Crippen LogP contribution >= 0.6 is 0 Å². The molecule has 0 saturated carbocycles. The highest BCUT2D eigenvalue weighted by Crippen LogP contribution is 2.32. The molecule has 1 saturated heterocycles. The van der Waals surface area contributed by atoms with Crippen LogP contribution < -0.4 is 15.0 Å². The number of nitrogens with one attached hydrogen (secondary N) is 1. The summed E-state index contributed by atoms with van der Waals surface area (Å²) < 4.78 is 7.35.